The molecule has 0 aliphatic heterocycles. The summed E-state index contributed by atoms with van der Waals surface area (Å²) in [6.07, 6.45) is 6.63. The minimum absolute atomic E-state index is 0.876. The molecule has 0 N–H and O–H groups in total. The van der Waals surface area contributed by atoms with Gasteiger partial charge in [-0.05, 0) is 105 Å². The van der Waals surface area contributed by atoms with Crippen LogP contribution < -0.4 is 4.90 Å². The molecule has 2 heteroatoms. The molecule has 0 radical (unpaired) electrons. The minimum atomic E-state index is 0.876. The van der Waals surface area contributed by atoms with Gasteiger partial charge in [-0.25, -0.2) is 0 Å². The highest BCUT2D eigenvalue weighted by Gasteiger charge is 2.23. The molecule has 0 bridgehead atoms. The van der Waals surface area contributed by atoms with E-state index in [-0.39, 0.29) is 0 Å². The van der Waals surface area contributed by atoms with Crippen LogP contribution in [0.4, 0.5) is 17.1 Å². The highest BCUT2D eigenvalue weighted by Crippen LogP contribution is 2.47. The van der Waals surface area contributed by atoms with Crippen molar-refractivity contribution >= 4 is 55.8 Å². The lowest BCUT2D eigenvalue weighted by Crippen LogP contribution is -2.11. The van der Waals surface area contributed by atoms with Crippen LogP contribution in [0.1, 0.15) is 17.5 Å². The average Bonchev–Trinajstić information content (AvgIpc) is 3.61. The molecule has 0 spiro atoms. The molecule has 0 fully saturated rings. The fourth-order valence-corrected chi connectivity index (χ4v) is 7.97. The van der Waals surface area contributed by atoms with Crippen LogP contribution in [0.2, 0.25) is 0 Å². The van der Waals surface area contributed by atoms with Crippen molar-refractivity contribution in [1.82, 2.24) is 0 Å². The first-order chi connectivity index (χ1) is 25.8. The van der Waals surface area contributed by atoms with Gasteiger partial charge in [-0.15, -0.1) is 0 Å². The lowest BCUT2D eigenvalue weighted by Gasteiger charge is -2.28. The Bertz CT molecular complexity index is 2770. The fraction of sp³-hybridized carbons (Fsp3) is 0.0400. The van der Waals surface area contributed by atoms with Crippen LogP contribution in [-0.4, -0.2) is 0 Å². The summed E-state index contributed by atoms with van der Waals surface area (Å²) in [6.45, 7) is 0. The van der Waals surface area contributed by atoms with Crippen molar-refractivity contribution in [2.45, 2.75) is 12.8 Å². The summed E-state index contributed by atoms with van der Waals surface area (Å²) in [4.78, 5) is 2.43. The molecule has 0 saturated heterocycles. The Kier molecular flexibility index (Phi) is 7.32. The zero-order chi connectivity index (χ0) is 34.4. The third-order valence-electron chi connectivity index (χ3n) is 10.5. The molecule has 1 aliphatic rings. The van der Waals surface area contributed by atoms with Gasteiger partial charge in [0.2, 0.25) is 0 Å². The Hall–Kier alpha value is -6.64. The van der Waals surface area contributed by atoms with Crippen LogP contribution >= 0.6 is 0 Å². The van der Waals surface area contributed by atoms with E-state index in [4.69, 9.17) is 4.42 Å². The molecule has 1 heterocycles. The third-order valence-corrected chi connectivity index (χ3v) is 10.5. The second-order valence-electron chi connectivity index (χ2n) is 13.6. The number of fused-ring (bicyclic) bond motifs is 6. The minimum Gasteiger partial charge on any atom is -0.455 e. The quantitative estimate of drug-likeness (QED) is 0.176. The largest absolute Gasteiger partial charge is 0.455 e. The van der Waals surface area contributed by atoms with E-state index in [1.807, 2.05) is 0 Å². The molecule has 2 nitrogen and oxygen atoms in total. The van der Waals surface area contributed by atoms with Gasteiger partial charge in [0.1, 0.15) is 11.2 Å². The first-order valence-electron chi connectivity index (χ1n) is 18.1. The third kappa shape index (κ3) is 5.20. The molecule has 0 atom stereocenters. The number of rotatable bonds is 6. The van der Waals surface area contributed by atoms with Gasteiger partial charge in [0.05, 0.1) is 11.1 Å². The molecule has 0 amide bonds. The van der Waals surface area contributed by atoms with E-state index in [2.05, 4.69) is 193 Å². The molecule has 10 rings (SSSR count). The molecule has 1 aliphatic carbocycles. The van der Waals surface area contributed by atoms with Crippen molar-refractivity contribution in [3.8, 4) is 33.4 Å². The number of anilines is 3. The number of hydrogen-bond donors (Lipinski definition) is 0. The summed E-state index contributed by atoms with van der Waals surface area (Å²) < 4.78 is 6.81. The monoisotopic (exact) mass is 665 g/mol. The van der Waals surface area contributed by atoms with Gasteiger partial charge < -0.3 is 9.32 Å². The van der Waals surface area contributed by atoms with Gasteiger partial charge in [0.25, 0.3) is 0 Å². The standard InChI is InChI=1S/C50H35NO/c1-3-13-34(14-4-1)36-25-27-37(28-26-36)40-19-11-20-41(31-40)51(42-30-29-35-15-7-8-18-39(35)32-42)47-23-12-24-48-49(47)46-33-45(38-16-5-2-6-17-38)43-21-9-10-22-44(43)50(46)52-48/h1-7,9-17,19-33H,8,18H2. The number of hydrogen-bond acceptors (Lipinski definition) is 2. The van der Waals surface area contributed by atoms with Crippen LogP contribution in [0, 0.1) is 0 Å². The lowest BCUT2D eigenvalue weighted by molar-refractivity contribution is 0.672. The van der Waals surface area contributed by atoms with E-state index in [0.717, 1.165) is 57.2 Å². The maximum absolute atomic E-state index is 6.81. The van der Waals surface area contributed by atoms with E-state index in [9.17, 15) is 0 Å². The van der Waals surface area contributed by atoms with Gasteiger partial charge in [-0.2, -0.15) is 0 Å². The van der Waals surface area contributed by atoms with Crippen molar-refractivity contribution in [2.75, 3.05) is 4.90 Å². The zero-order valence-corrected chi connectivity index (χ0v) is 28.7. The molecule has 9 aromatic rings. The zero-order valence-electron chi connectivity index (χ0n) is 28.7. The second-order valence-corrected chi connectivity index (χ2v) is 13.6. The van der Waals surface area contributed by atoms with E-state index < -0.39 is 0 Å². The summed E-state index contributed by atoms with van der Waals surface area (Å²) in [7, 11) is 0. The highest BCUT2D eigenvalue weighted by molar-refractivity contribution is 6.22. The summed E-state index contributed by atoms with van der Waals surface area (Å²) >= 11 is 0. The van der Waals surface area contributed by atoms with E-state index in [0.29, 0.717) is 0 Å². The van der Waals surface area contributed by atoms with Gasteiger partial charge in [0, 0.05) is 22.1 Å². The van der Waals surface area contributed by atoms with E-state index >= 15 is 0 Å². The number of benzene rings is 8. The van der Waals surface area contributed by atoms with E-state index in [1.54, 1.807) is 0 Å². The number of allylic oxidation sites excluding steroid dienone is 1. The van der Waals surface area contributed by atoms with Crippen molar-refractivity contribution in [1.29, 1.82) is 0 Å². The van der Waals surface area contributed by atoms with Crippen molar-refractivity contribution in [3.05, 3.63) is 193 Å². The summed E-state index contributed by atoms with van der Waals surface area (Å²) in [5, 5.41) is 4.53. The number of nitrogens with zero attached hydrogens (tertiary/aromatic N) is 1. The smallest absolute Gasteiger partial charge is 0.143 e. The topological polar surface area (TPSA) is 16.4 Å². The van der Waals surface area contributed by atoms with Crippen LogP contribution in [0.15, 0.2) is 186 Å². The maximum atomic E-state index is 6.81. The predicted octanol–water partition coefficient (Wildman–Crippen LogP) is 14.2. The van der Waals surface area contributed by atoms with Crippen LogP contribution in [0.3, 0.4) is 0 Å². The predicted molar refractivity (Wildman–Crippen MR) is 220 cm³/mol. The Balaban J connectivity index is 1.19. The molecule has 52 heavy (non-hydrogen) atoms. The SMILES string of the molecule is C1=Cc2ccc(N(c3cccc(-c4ccc(-c5ccccc5)cc4)c3)c3cccc4oc5c6ccccc6c(-c6ccccc6)cc5c34)cc2CC1. The Morgan fingerprint density at radius 1 is 0.462 bits per heavy atom. The molecular formula is C50H35NO. The normalized spacial score (nSPS) is 12.4. The van der Waals surface area contributed by atoms with Crippen LogP contribution in [-0.2, 0) is 6.42 Å². The Labute approximate surface area is 303 Å². The molecule has 1 aromatic heterocycles. The van der Waals surface area contributed by atoms with Gasteiger partial charge in [-0.3, -0.25) is 0 Å². The van der Waals surface area contributed by atoms with Crippen molar-refractivity contribution in [3.63, 3.8) is 0 Å². The molecular weight excluding hydrogens is 631 g/mol. The number of aryl methyl sites for hydroxylation is 1. The first kappa shape index (κ1) is 30.2. The van der Waals surface area contributed by atoms with Gasteiger partial charge in [0.15, 0.2) is 0 Å². The van der Waals surface area contributed by atoms with Gasteiger partial charge in [-0.1, -0.05) is 146 Å². The second kappa shape index (κ2) is 12.6. The Morgan fingerprint density at radius 2 is 1.12 bits per heavy atom. The van der Waals surface area contributed by atoms with Gasteiger partial charge >= 0.3 is 0 Å². The van der Waals surface area contributed by atoms with Crippen LogP contribution in [0.25, 0.3) is 72.2 Å². The first-order valence-corrected chi connectivity index (χ1v) is 18.1. The highest BCUT2D eigenvalue weighted by atomic mass is 16.3. The molecule has 246 valence electrons. The lowest BCUT2D eigenvalue weighted by atomic mass is 9.94. The average molecular weight is 666 g/mol. The van der Waals surface area contributed by atoms with Crippen LogP contribution in [0.5, 0.6) is 0 Å². The molecule has 0 unspecified atom stereocenters. The maximum Gasteiger partial charge on any atom is 0.143 e. The molecule has 0 saturated carbocycles. The number of furan rings is 1. The fourth-order valence-electron chi connectivity index (χ4n) is 7.97. The Morgan fingerprint density at radius 3 is 1.92 bits per heavy atom. The summed E-state index contributed by atoms with van der Waals surface area (Å²) in [5.74, 6) is 0. The van der Waals surface area contributed by atoms with E-state index in [1.165, 1.54) is 49.9 Å². The summed E-state index contributed by atoms with van der Waals surface area (Å²) in [6, 6.07) is 63.5. The summed E-state index contributed by atoms with van der Waals surface area (Å²) in [5.41, 5.74) is 15.0. The van der Waals surface area contributed by atoms with Crippen molar-refractivity contribution < 1.29 is 4.42 Å². The molecule has 8 aromatic carbocycles. The van der Waals surface area contributed by atoms with Crippen molar-refractivity contribution in [2.24, 2.45) is 0 Å².